The Kier molecular flexibility index (Phi) is 5.00. The van der Waals surface area contributed by atoms with Gasteiger partial charge < -0.3 is 9.47 Å². The second-order valence-corrected chi connectivity index (χ2v) is 5.34. The van der Waals surface area contributed by atoms with Crippen molar-refractivity contribution in [2.24, 2.45) is 0 Å². The summed E-state index contributed by atoms with van der Waals surface area (Å²) < 4.78 is 37.4. The van der Waals surface area contributed by atoms with Gasteiger partial charge in [-0.1, -0.05) is 30.3 Å². The Bertz CT molecular complexity index is 894. The van der Waals surface area contributed by atoms with Crippen molar-refractivity contribution in [2.75, 3.05) is 13.7 Å². The highest BCUT2D eigenvalue weighted by molar-refractivity contribution is 5.99. The molecular formula is C19H15F2NO3. The van der Waals surface area contributed by atoms with E-state index in [-0.39, 0.29) is 12.3 Å². The number of methoxy groups -OCH3 is 1. The second kappa shape index (κ2) is 7.36. The predicted octanol–water partition coefficient (Wildman–Crippen LogP) is 3.79. The molecule has 3 rings (SSSR count). The summed E-state index contributed by atoms with van der Waals surface area (Å²) in [7, 11) is 1.32. The SMILES string of the molecule is COC(COc1c(F)cccc1F)C(=O)c1ccc2ccccc2n1. The van der Waals surface area contributed by atoms with Gasteiger partial charge in [0.05, 0.1) is 5.52 Å². The van der Waals surface area contributed by atoms with Gasteiger partial charge in [-0.2, -0.15) is 0 Å². The van der Waals surface area contributed by atoms with E-state index < -0.39 is 29.3 Å². The molecule has 0 spiro atoms. The van der Waals surface area contributed by atoms with E-state index in [2.05, 4.69) is 4.98 Å². The molecule has 0 N–H and O–H groups in total. The molecule has 1 atom stereocenters. The minimum Gasteiger partial charge on any atom is -0.484 e. The summed E-state index contributed by atoms with van der Waals surface area (Å²) in [5.41, 5.74) is 0.868. The summed E-state index contributed by atoms with van der Waals surface area (Å²) in [6.07, 6.45) is -1.03. The lowest BCUT2D eigenvalue weighted by molar-refractivity contribution is 0.0417. The third-order valence-corrected chi connectivity index (χ3v) is 3.73. The number of nitrogens with zero attached hydrogens (tertiary/aromatic N) is 1. The number of fused-ring (bicyclic) bond motifs is 1. The van der Waals surface area contributed by atoms with Crippen LogP contribution in [0.15, 0.2) is 54.6 Å². The fraction of sp³-hybridized carbons (Fsp3) is 0.158. The van der Waals surface area contributed by atoms with Gasteiger partial charge >= 0.3 is 0 Å². The monoisotopic (exact) mass is 343 g/mol. The van der Waals surface area contributed by atoms with Crippen molar-refractivity contribution in [2.45, 2.75) is 6.10 Å². The van der Waals surface area contributed by atoms with Gasteiger partial charge in [0.15, 0.2) is 23.5 Å². The molecule has 0 aliphatic rings. The van der Waals surface area contributed by atoms with Crippen molar-refractivity contribution in [3.8, 4) is 5.75 Å². The van der Waals surface area contributed by atoms with Crippen LogP contribution < -0.4 is 4.74 Å². The van der Waals surface area contributed by atoms with Crippen LogP contribution in [0.5, 0.6) is 5.75 Å². The van der Waals surface area contributed by atoms with Gasteiger partial charge in [-0.25, -0.2) is 13.8 Å². The van der Waals surface area contributed by atoms with Crippen molar-refractivity contribution >= 4 is 16.7 Å². The van der Waals surface area contributed by atoms with Gasteiger partial charge in [0, 0.05) is 12.5 Å². The summed E-state index contributed by atoms with van der Waals surface area (Å²) in [5.74, 6) is -2.65. The maximum absolute atomic E-state index is 13.6. The number of hydrogen-bond acceptors (Lipinski definition) is 4. The van der Waals surface area contributed by atoms with E-state index in [0.29, 0.717) is 5.52 Å². The van der Waals surface area contributed by atoms with Crippen molar-refractivity contribution < 1.29 is 23.0 Å². The largest absolute Gasteiger partial charge is 0.484 e. The molecule has 0 saturated heterocycles. The van der Waals surface area contributed by atoms with Crippen LogP contribution in [0.2, 0.25) is 0 Å². The number of benzene rings is 2. The standard InChI is InChI=1S/C19H15F2NO3/c1-24-17(11-25-19-13(20)6-4-7-14(19)21)18(23)16-10-9-12-5-2-3-8-15(12)22-16/h2-10,17H,11H2,1H3. The molecule has 0 aliphatic heterocycles. The van der Waals surface area contributed by atoms with Crippen LogP contribution in [-0.2, 0) is 4.74 Å². The molecule has 3 aromatic rings. The molecule has 0 bridgehead atoms. The number of rotatable bonds is 6. The zero-order valence-electron chi connectivity index (χ0n) is 13.4. The number of para-hydroxylation sites is 2. The summed E-state index contributed by atoms with van der Waals surface area (Å²) >= 11 is 0. The van der Waals surface area contributed by atoms with Crippen molar-refractivity contribution in [3.05, 3.63) is 71.9 Å². The van der Waals surface area contributed by atoms with Crippen LogP contribution in [0.3, 0.4) is 0 Å². The molecular weight excluding hydrogens is 328 g/mol. The van der Waals surface area contributed by atoms with Crippen LogP contribution in [0.1, 0.15) is 10.5 Å². The first-order valence-electron chi connectivity index (χ1n) is 7.60. The number of Topliss-reactive ketones (excluding diaryl/α,β-unsaturated/α-hetero) is 1. The van der Waals surface area contributed by atoms with Crippen molar-refractivity contribution in [3.63, 3.8) is 0 Å². The molecule has 25 heavy (non-hydrogen) atoms. The molecule has 2 aromatic carbocycles. The van der Waals surface area contributed by atoms with Gasteiger partial charge in [-0.15, -0.1) is 0 Å². The van der Waals surface area contributed by atoms with Gasteiger partial charge in [0.2, 0.25) is 5.78 Å². The first kappa shape index (κ1) is 17.0. The number of hydrogen-bond donors (Lipinski definition) is 0. The van der Waals surface area contributed by atoms with E-state index in [1.165, 1.54) is 13.2 Å². The third kappa shape index (κ3) is 3.64. The first-order valence-corrected chi connectivity index (χ1v) is 7.60. The van der Waals surface area contributed by atoms with E-state index in [1.54, 1.807) is 18.2 Å². The molecule has 4 nitrogen and oxygen atoms in total. The minimum absolute atomic E-state index is 0.197. The molecule has 1 aromatic heterocycles. The predicted molar refractivity (Wildman–Crippen MR) is 88.7 cm³/mol. The summed E-state index contributed by atoms with van der Waals surface area (Å²) in [6.45, 7) is -0.332. The Hall–Kier alpha value is -2.86. The van der Waals surface area contributed by atoms with Crippen LogP contribution >= 0.6 is 0 Å². The topological polar surface area (TPSA) is 48.4 Å². The normalized spacial score (nSPS) is 12.1. The zero-order valence-corrected chi connectivity index (χ0v) is 13.4. The van der Waals surface area contributed by atoms with Crippen molar-refractivity contribution in [1.82, 2.24) is 4.98 Å². The fourth-order valence-corrected chi connectivity index (χ4v) is 2.40. The number of ketones is 1. The number of carbonyl (C=O) groups is 1. The van der Waals surface area contributed by atoms with Crippen LogP contribution in [0.25, 0.3) is 10.9 Å². The molecule has 0 radical (unpaired) electrons. The smallest absolute Gasteiger partial charge is 0.213 e. The summed E-state index contributed by atoms with van der Waals surface area (Å²) in [5, 5.41) is 0.901. The van der Waals surface area contributed by atoms with Crippen molar-refractivity contribution in [1.29, 1.82) is 0 Å². The summed E-state index contributed by atoms with van der Waals surface area (Å²) in [6, 6.07) is 14.1. The van der Waals surface area contributed by atoms with E-state index in [0.717, 1.165) is 17.5 Å². The lowest BCUT2D eigenvalue weighted by Crippen LogP contribution is -2.30. The molecule has 0 fully saturated rings. The van der Waals surface area contributed by atoms with Crippen LogP contribution in [0, 0.1) is 11.6 Å². The molecule has 1 unspecified atom stereocenters. The van der Waals surface area contributed by atoms with Crippen LogP contribution in [-0.4, -0.2) is 30.6 Å². The minimum atomic E-state index is -1.03. The molecule has 0 aliphatic carbocycles. The maximum Gasteiger partial charge on any atom is 0.213 e. The average Bonchev–Trinajstić information content (AvgIpc) is 2.63. The van der Waals surface area contributed by atoms with E-state index >= 15 is 0 Å². The third-order valence-electron chi connectivity index (χ3n) is 3.73. The Morgan fingerprint density at radius 3 is 2.48 bits per heavy atom. The number of aromatic nitrogens is 1. The number of pyridine rings is 1. The average molecular weight is 343 g/mol. The Labute approximate surface area is 143 Å². The zero-order chi connectivity index (χ0) is 17.8. The lowest BCUT2D eigenvalue weighted by atomic mass is 10.1. The lowest BCUT2D eigenvalue weighted by Gasteiger charge is -2.15. The second-order valence-electron chi connectivity index (χ2n) is 5.34. The molecule has 6 heteroatoms. The van der Waals surface area contributed by atoms with Gasteiger partial charge in [-0.05, 0) is 24.3 Å². The van der Waals surface area contributed by atoms with Gasteiger partial charge in [-0.3, -0.25) is 4.79 Å². The molecule has 0 saturated carbocycles. The highest BCUT2D eigenvalue weighted by Gasteiger charge is 2.23. The van der Waals surface area contributed by atoms with Crippen LogP contribution in [0.4, 0.5) is 8.78 Å². The Balaban J connectivity index is 1.78. The highest BCUT2D eigenvalue weighted by atomic mass is 19.1. The highest BCUT2D eigenvalue weighted by Crippen LogP contribution is 2.21. The molecule has 128 valence electrons. The molecule has 1 heterocycles. The van der Waals surface area contributed by atoms with E-state index in [4.69, 9.17) is 9.47 Å². The first-order chi connectivity index (χ1) is 12.1. The Morgan fingerprint density at radius 2 is 1.76 bits per heavy atom. The Morgan fingerprint density at radius 1 is 1.04 bits per heavy atom. The van der Waals surface area contributed by atoms with E-state index in [1.807, 2.05) is 18.2 Å². The van der Waals surface area contributed by atoms with Gasteiger partial charge in [0.25, 0.3) is 0 Å². The number of carbonyl (C=O) groups excluding carboxylic acids is 1. The number of ether oxygens (including phenoxy) is 2. The maximum atomic E-state index is 13.6. The quantitative estimate of drug-likeness (QED) is 0.639. The van der Waals surface area contributed by atoms with E-state index in [9.17, 15) is 13.6 Å². The summed E-state index contributed by atoms with van der Waals surface area (Å²) in [4.78, 5) is 16.9. The van der Waals surface area contributed by atoms with Gasteiger partial charge in [0.1, 0.15) is 12.3 Å². The number of halogens is 2. The molecule has 0 amide bonds. The fourth-order valence-electron chi connectivity index (χ4n) is 2.40.